The molecule has 0 saturated carbocycles. The third-order valence-electron chi connectivity index (χ3n) is 5.87. The largest absolute Gasteiger partial charge is 0.360 e. The lowest BCUT2D eigenvalue weighted by Gasteiger charge is -2.24. The second-order valence-corrected chi connectivity index (χ2v) is 8.68. The van der Waals surface area contributed by atoms with Gasteiger partial charge in [0.1, 0.15) is 23.2 Å². The Morgan fingerprint density at radius 3 is 2.59 bits per heavy atom. The van der Waals surface area contributed by atoms with E-state index < -0.39 is 5.54 Å². The Morgan fingerprint density at radius 2 is 1.94 bits per heavy atom. The molecule has 0 atom stereocenters. The van der Waals surface area contributed by atoms with Gasteiger partial charge < -0.3 is 15.2 Å². The number of amides is 1. The third kappa shape index (κ3) is 3.62. The van der Waals surface area contributed by atoms with Gasteiger partial charge in [-0.05, 0) is 52.8 Å². The molecule has 3 aromatic rings. The summed E-state index contributed by atoms with van der Waals surface area (Å²) in [7, 11) is 1.95. The molecular formula is C23H30N8O. The fourth-order valence-corrected chi connectivity index (χ4v) is 4.01. The van der Waals surface area contributed by atoms with Crippen LogP contribution in [0.2, 0.25) is 0 Å². The number of carbonyl (C=O) groups is 1. The highest BCUT2D eigenvalue weighted by Gasteiger charge is 2.36. The van der Waals surface area contributed by atoms with Crippen molar-refractivity contribution < 1.29 is 4.79 Å². The van der Waals surface area contributed by atoms with Crippen LogP contribution >= 0.6 is 0 Å². The van der Waals surface area contributed by atoms with Crippen LogP contribution in [-0.2, 0) is 18.6 Å². The smallest absolute Gasteiger partial charge is 0.260 e. The fourth-order valence-electron chi connectivity index (χ4n) is 4.01. The van der Waals surface area contributed by atoms with E-state index in [0.29, 0.717) is 29.4 Å². The second-order valence-electron chi connectivity index (χ2n) is 8.68. The first-order valence-corrected chi connectivity index (χ1v) is 10.9. The minimum atomic E-state index is -0.685. The maximum atomic E-state index is 13.5. The van der Waals surface area contributed by atoms with Crippen LogP contribution in [0.1, 0.15) is 55.1 Å². The van der Waals surface area contributed by atoms with Crippen molar-refractivity contribution in [1.29, 1.82) is 0 Å². The molecule has 2 N–H and O–H groups in total. The standard InChI is InChI=1S/C23H30N8O/c1-7-29(6)19-12-15-16(20(26-19)23(4,5)24)13-31(22(15)32)18-11-9-10-17(25-18)21-28-27-14(3)30(21)8-2/h9-12H,7-8,13,24H2,1-6H3. The molecule has 9 heteroatoms. The van der Waals surface area contributed by atoms with E-state index in [0.717, 1.165) is 36.0 Å². The molecule has 0 aliphatic carbocycles. The van der Waals surface area contributed by atoms with Crippen LogP contribution in [0.5, 0.6) is 0 Å². The summed E-state index contributed by atoms with van der Waals surface area (Å²) in [6.07, 6.45) is 0. The Balaban J connectivity index is 1.78. The fraction of sp³-hybridized carbons (Fsp3) is 0.435. The quantitative estimate of drug-likeness (QED) is 0.636. The number of hydrogen-bond donors (Lipinski definition) is 1. The summed E-state index contributed by atoms with van der Waals surface area (Å²) in [5.74, 6) is 2.72. The van der Waals surface area contributed by atoms with Crippen molar-refractivity contribution >= 4 is 17.5 Å². The Hall–Kier alpha value is -3.33. The first-order chi connectivity index (χ1) is 15.2. The van der Waals surface area contributed by atoms with Crippen LogP contribution in [0.15, 0.2) is 24.3 Å². The second kappa shape index (κ2) is 7.98. The van der Waals surface area contributed by atoms with Gasteiger partial charge in [0.05, 0.1) is 23.3 Å². The van der Waals surface area contributed by atoms with Crippen LogP contribution in [0, 0.1) is 6.92 Å². The molecule has 3 aromatic heterocycles. The lowest BCUT2D eigenvalue weighted by molar-refractivity contribution is 0.0996. The maximum Gasteiger partial charge on any atom is 0.260 e. The molecule has 4 heterocycles. The first-order valence-electron chi connectivity index (χ1n) is 10.9. The van der Waals surface area contributed by atoms with Gasteiger partial charge >= 0.3 is 0 Å². The van der Waals surface area contributed by atoms with E-state index in [1.807, 2.05) is 75.4 Å². The summed E-state index contributed by atoms with van der Waals surface area (Å²) >= 11 is 0. The van der Waals surface area contributed by atoms with E-state index in [1.54, 1.807) is 4.90 Å². The lowest BCUT2D eigenvalue weighted by Crippen LogP contribution is -2.32. The molecule has 9 nitrogen and oxygen atoms in total. The molecule has 0 fully saturated rings. The number of carbonyl (C=O) groups excluding carboxylic acids is 1. The van der Waals surface area contributed by atoms with Gasteiger partial charge in [-0.15, -0.1) is 10.2 Å². The van der Waals surface area contributed by atoms with Gasteiger partial charge in [-0.3, -0.25) is 9.69 Å². The van der Waals surface area contributed by atoms with E-state index in [9.17, 15) is 4.79 Å². The Kier molecular flexibility index (Phi) is 5.46. The van der Waals surface area contributed by atoms with Gasteiger partial charge in [0.25, 0.3) is 5.91 Å². The minimum Gasteiger partial charge on any atom is -0.360 e. The van der Waals surface area contributed by atoms with Crippen molar-refractivity contribution in [3.63, 3.8) is 0 Å². The number of nitrogens with two attached hydrogens (primary N) is 1. The summed E-state index contributed by atoms with van der Waals surface area (Å²) in [4.78, 5) is 26.8. The van der Waals surface area contributed by atoms with E-state index in [1.165, 1.54) is 0 Å². The van der Waals surface area contributed by atoms with Crippen LogP contribution in [0.4, 0.5) is 11.6 Å². The molecule has 0 bridgehead atoms. The maximum absolute atomic E-state index is 13.5. The molecule has 0 radical (unpaired) electrons. The topological polar surface area (TPSA) is 106 Å². The van der Waals surface area contributed by atoms with Gasteiger partial charge in [0.2, 0.25) is 0 Å². The zero-order valence-corrected chi connectivity index (χ0v) is 19.5. The summed E-state index contributed by atoms with van der Waals surface area (Å²) in [5, 5.41) is 8.46. The van der Waals surface area contributed by atoms with E-state index >= 15 is 0 Å². The number of aromatic nitrogens is 5. The molecule has 1 aliphatic rings. The molecule has 32 heavy (non-hydrogen) atoms. The third-order valence-corrected chi connectivity index (χ3v) is 5.87. The molecule has 0 spiro atoms. The highest BCUT2D eigenvalue weighted by Crippen LogP contribution is 2.35. The minimum absolute atomic E-state index is 0.101. The van der Waals surface area contributed by atoms with Crippen LogP contribution in [0.25, 0.3) is 11.5 Å². The molecule has 1 aliphatic heterocycles. The number of rotatable bonds is 6. The lowest BCUT2D eigenvalue weighted by atomic mass is 9.94. The van der Waals surface area contributed by atoms with Gasteiger partial charge in [0.15, 0.2) is 5.82 Å². The zero-order chi connectivity index (χ0) is 23.2. The predicted octanol–water partition coefficient (Wildman–Crippen LogP) is 2.87. The van der Waals surface area contributed by atoms with Crippen molar-refractivity contribution in [1.82, 2.24) is 24.7 Å². The summed E-state index contributed by atoms with van der Waals surface area (Å²) in [6.45, 7) is 11.7. The van der Waals surface area contributed by atoms with Gasteiger partial charge in [0, 0.05) is 25.7 Å². The van der Waals surface area contributed by atoms with E-state index in [2.05, 4.69) is 10.2 Å². The van der Waals surface area contributed by atoms with E-state index in [-0.39, 0.29) is 5.91 Å². The van der Waals surface area contributed by atoms with Crippen molar-refractivity contribution in [3.05, 3.63) is 46.9 Å². The monoisotopic (exact) mass is 434 g/mol. The Morgan fingerprint density at radius 1 is 1.19 bits per heavy atom. The highest BCUT2D eigenvalue weighted by atomic mass is 16.2. The number of aryl methyl sites for hydroxylation is 1. The molecule has 0 saturated heterocycles. The highest BCUT2D eigenvalue weighted by molar-refractivity contribution is 6.10. The molecule has 168 valence electrons. The average Bonchev–Trinajstić information content (AvgIpc) is 3.31. The summed E-state index contributed by atoms with van der Waals surface area (Å²) in [5.41, 5.74) is 8.67. The molecule has 1 amide bonds. The average molecular weight is 435 g/mol. The van der Waals surface area contributed by atoms with Crippen molar-refractivity contribution in [2.24, 2.45) is 5.73 Å². The van der Waals surface area contributed by atoms with Crippen LogP contribution in [-0.4, -0.2) is 44.2 Å². The number of anilines is 2. The Labute approximate surface area is 188 Å². The molecule has 0 unspecified atom stereocenters. The van der Waals surface area contributed by atoms with Crippen molar-refractivity contribution in [3.8, 4) is 11.5 Å². The molecule has 4 rings (SSSR count). The predicted molar refractivity (Wildman–Crippen MR) is 125 cm³/mol. The van der Waals surface area contributed by atoms with E-state index in [4.69, 9.17) is 15.7 Å². The first kappa shape index (κ1) is 21.9. The van der Waals surface area contributed by atoms with Crippen LogP contribution in [0.3, 0.4) is 0 Å². The summed E-state index contributed by atoms with van der Waals surface area (Å²) < 4.78 is 2.00. The summed E-state index contributed by atoms with van der Waals surface area (Å²) in [6, 6.07) is 7.47. The van der Waals surface area contributed by atoms with Gasteiger partial charge in [-0.2, -0.15) is 0 Å². The zero-order valence-electron chi connectivity index (χ0n) is 19.5. The van der Waals surface area contributed by atoms with Gasteiger partial charge in [-0.1, -0.05) is 6.07 Å². The molecule has 0 aromatic carbocycles. The number of hydrogen-bond acceptors (Lipinski definition) is 7. The van der Waals surface area contributed by atoms with Gasteiger partial charge in [-0.25, -0.2) is 9.97 Å². The molecular weight excluding hydrogens is 404 g/mol. The van der Waals surface area contributed by atoms with Crippen LogP contribution < -0.4 is 15.5 Å². The SMILES string of the molecule is CCN(C)c1cc2c(c(C(C)(C)N)n1)CN(c1cccc(-c3nnc(C)n3CC)n1)C2=O. The number of pyridine rings is 2. The number of fused-ring (bicyclic) bond motifs is 1. The van der Waals surface area contributed by atoms with Crippen molar-refractivity contribution in [2.45, 2.75) is 53.2 Å². The van der Waals surface area contributed by atoms with Crippen molar-refractivity contribution in [2.75, 3.05) is 23.4 Å². The number of nitrogens with zero attached hydrogens (tertiary/aromatic N) is 7. The normalized spacial score (nSPS) is 13.6. The Bertz CT molecular complexity index is 1180.